The van der Waals surface area contributed by atoms with E-state index in [-0.39, 0.29) is 35.8 Å². The van der Waals surface area contributed by atoms with Gasteiger partial charge in [-0.2, -0.15) is 0 Å². The van der Waals surface area contributed by atoms with Crippen molar-refractivity contribution >= 4 is 17.5 Å². The van der Waals surface area contributed by atoms with Crippen LogP contribution in [0.3, 0.4) is 0 Å². The molecule has 0 radical (unpaired) electrons. The van der Waals surface area contributed by atoms with Gasteiger partial charge in [0.25, 0.3) is 0 Å². The maximum atomic E-state index is 12.9. The molecule has 1 aromatic carbocycles. The van der Waals surface area contributed by atoms with Gasteiger partial charge in [-0.1, -0.05) is 18.2 Å². The maximum absolute atomic E-state index is 12.9. The Kier molecular flexibility index (Phi) is 6.46. The van der Waals surface area contributed by atoms with Crippen LogP contribution in [0, 0.1) is 11.8 Å². The number of likely N-dealkylation sites (tertiary alicyclic amines) is 1. The van der Waals surface area contributed by atoms with Crippen LogP contribution in [0.25, 0.3) is 0 Å². The van der Waals surface area contributed by atoms with Crippen LogP contribution in [0.5, 0.6) is 0 Å². The van der Waals surface area contributed by atoms with Gasteiger partial charge in [0.2, 0.25) is 11.8 Å². The fraction of sp³-hybridized carbons (Fsp3) is 0.600. The number of anilines is 1. The molecule has 2 heterocycles. The maximum Gasteiger partial charge on any atom is 0.247 e. The van der Waals surface area contributed by atoms with Gasteiger partial charge in [0.1, 0.15) is 0 Å². The van der Waals surface area contributed by atoms with E-state index in [1.54, 1.807) is 5.01 Å². The standard InChI is InChI=1S/C20H30N4O3/c1-14(2)27-11-7-10-21-19(25)16-12-23(3)13-17-18(16)22-24(20(17)26)15-8-5-4-6-9-15/h4-6,8-9,14,16-18,22H,7,10-13H2,1-3H3,(H,21,25). The lowest BCUT2D eigenvalue weighted by molar-refractivity contribution is -0.129. The molecular weight excluding hydrogens is 344 g/mol. The van der Waals surface area contributed by atoms with Crippen molar-refractivity contribution in [1.29, 1.82) is 0 Å². The number of carbonyl (C=O) groups excluding carboxylic acids is 2. The molecule has 2 aliphatic rings. The minimum absolute atomic E-state index is 0.00342. The molecule has 148 valence electrons. The van der Waals surface area contributed by atoms with Gasteiger partial charge in [-0.05, 0) is 39.4 Å². The second kappa shape index (κ2) is 8.82. The number of fused-ring (bicyclic) bond motifs is 1. The van der Waals surface area contributed by atoms with Crippen LogP contribution in [0.15, 0.2) is 30.3 Å². The van der Waals surface area contributed by atoms with E-state index in [0.29, 0.717) is 26.2 Å². The summed E-state index contributed by atoms with van der Waals surface area (Å²) in [6, 6.07) is 9.35. The van der Waals surface area contributed by atoms with Crippen molar-refractivity contribution in [2.24, 2.45) is 11.8 Å². The van der Waals surface area contributed by atoms with Crippen LogP contribution < -0.4 is 15.8 Å². The number of hydrogen-bond acceptors (Lipinski definition) is 5. The predicted molar refractivity (Wildman–Crippen MR) is 104 cm³/mol. The zero-order valence-electron chi connectivity index (χ0n) is 16.4. The highest BCUT2D eigenvalue weighted by atomic mass is 16.5. The third-order valence-electron chi connectivity index (χ3n) is 5.12. The van der Waals surface area contributed by atoms with Gasteiger partial charge in [0.15, 0.2) is 0 Å². The molecule has 7 nitrogen and oxygen atoms in total. The summed E-state index contributed by atoms with van der Waals surface area (Å²) in [5, 5.41) is 4.62. The summed E-state index contributed by atoms with van der Waals surface area (Å²) in [6.07, 6.45) is 0.981. The summed E-state index contributed by atoms with van der Waals surface area (Å²) in [5.74, 6) is -0.460. The Bertz CT molecular complexity index is 652. The molecule has 0 aliphatic carbocycles. The first-order chi connectivity index (χ1) is 13.0. The summed E-state index contributed by atoms with van der Waals surface area (Å²) < 4.78 is 5.51. The van der Waals surface area contributed by atoms with Crippen LogP contribution in [-0.4, -0.2) is 62.1 Å². The Morgan fingerprint density at radius 1 is 1.30 bits per heavy atom. The van der Waals surface area contributed by atoms with E-state index < -0.39 is 0 Å². The van der Waals surface area contributed by atoms with Gasteiger partial charge in [-0.3, -0.25) is 9.59 Å². The number of nitrogens with one attached hydrogen (secondary N) is 2. The molecule has 3 rings (SSSR count). The van der Waals surface area contributed by atoms with Gasteiger partial charge >= 0.3 is 0 Å². The third kappa shape index (κ3) is 4.66. The first-order valence-electron chi connectivity index (χ1n) is 9.70. The SMILES string of the molecule is CC(C)OCCCNC(=O)C1CN(C)CC2C(=O)N(c3ccccc3)NC12. The zero-order chi connectivity index (χ0) is 19.4. The van der Waals surface area contributed by atoms with E-state index in [4.69, 9.17) is 4.74 Å². The minimum Gasteiger partial charge on any atom is -0.379 e. The molecule has 2 amide bonds. The van der Waals surface area contributed by atoms with E-state index in [1.807, 2.05) is 51.2 Å². The Morgan fingerprint density at radius 3 is 2.74 bits per heavy atom. The van der Waals surface area contributed by atoms with Crippen LogP contribution >= 0.6 is 0 Å². The van der Waals surface area contributed by atoms with Gasteiger partial charge in [-0.25, -0.2) is 10.4 Å². The van der Waals surface area contributed by atoms with E-state index in [2.05, 4.69) is 15.6 Å². The van der Waals surface area contributed by atoms with Crippen molar-refractivity contribution in [2.45, 2.75) is 32.4 Å². The number of benzene rings is 1. The van der Waals surface area contributed by atoms with Crippen molar-refractivity contribution in [2.75, 3.05) is 38.3 Å². The molecule has 0 saturated carbocycles. The third-order valence-corrected chi connectivity index (χ3v) is 5.12. The number of hydrogen-bond donors (Lipinski definition) is 2. The summed E-state index contributed by atoms with van der Waals surface area (Å²) >= 11 is 0. The van der Waals surface area contributed by atoms with Crippen molar-refractivity contribution in [3.63, 3.8) is 0 Å². The second-order valence-electron chi connectivity index (χ2n) is 7.66. The van der Waals surface area contributed by atoms with Crippen molar-refractivity contribution < 1.29 is 14.3 Å². The molecule has 3 unspecified atom stereocenters. The topological polar surface area (TPSA) is 73.9 Å². The lowest BCUT2D eigenvalue weighted by atomic mass is 9.84. The number of amides is 2. The lowest BCUT2D eigenvalue weighted by Crippen LogP contribution is -2.56. The molecule has 2 fully saturated rings. The van der Waals surface area contributed by atoms with Gasteiger partial charge < -0.3 is 15.0 Å². The average molecular weight is 374 g/mol. The number of hydrazine groups is 1. The zero-order valence-corrected chi connectivity index (χ0v) is 16.4. The predicted octanol–water partition coefficient (Wildman–Crippen LogP) is 1.02. The van der Waals surface area contributed by atoms with Crippen LogP contribution in [-0.2, 0) is 14.3 Å². The van der Waals surface area contributed by atoms with E-state index in [1.165, 1.54) is 0 Å². The molecule has 0 spiro atoms. The number of piperidine rings is 1. The number of para-hydroxylation sites is 1. The molecule has 2 aliphatic heterocycles. The van der Waals surface area contributed by atoms with Crippen molar-refractivity contribution in [3.8, 4) is 0 Å². The summed E-state index contributed by atoms with van der Waals surface area (Å²) in [7, 11) is 1.96. The quantitative estimate of drug-likeness (QED) is 0.697. The van der Waals surface area contributed by atoms with Crippen LogP contribution in [0.2, 0.25) is 0 Å². The van der Waals surface area contributed by atoms with E-state index >= 15 is 0 Å². The highest BCUT2D eigenvalue weighted by molar-refractivity contribution is 5.98. The molecule has 7 heteroatoms. The molecule has 0 bridgehead atoms. The lowest BCUT2D eigenvalue weighted by Gasteiger charge is -2.36. The van der Waals surface area contributed by atoms with Gasteiger partial charge in [0, 0.05) is 26.2 Å². The molecule has 1 aromatic rings. The Hall–Kier alpha value is -1.96. The van der Waals surface area contributed by atoms with Gasteiger partial charge in [-0.15, -0.1) is 0 Å². The smallest absolute Gasteiger partial charge is 0.247 e. The van der Waals surface area contributed by atoms with E-state index in [0.717, 1.165) is 12.1 Å². The average Bonchev–Trinajstić information content (AvgIpc) is 2.98. The molecule has 2 saturated heterocycles. The largest absolute Gasteiger partial charge is 0.379 e. The Balaban J connectivity index is 1.62. The highest BCUT2D eigenvalue weighted by Crippen LogP contribution is 2.31. The molecule has 27 heavy (non-hydrogen) atoms. The van der Waals surface area contributed by atoms with Gasteiger partial charge in [0.05, 0.1) is 29.7 Å². The Morgan fingerprint density at radius 2 is 2.04 bits per heavy atom. The molecular formula is C20H30N4O3. The normalized spacial score (nSPS) is 25.7. The van der Waals surface area contributed by atoms with Crippen molar-refractivity contribution in [3.05, 3.63) is 30.3 Å². The van der Waals surface area contributed by atoms with Crippen molar-refractivity contribution in [1.82, 2.24) is 15.6 Å². The minimum atomic E-state index is -0.266. The molecule has 0 aromatic heterocycles. The number of carbonyl (C=O) groups is 2. The van der Waals surface area contributed by atoms with E-state index in [9.17, 15) is 9.59 Å². The summed E-state index contributed by atoms with van der Waals surface area (Å²) in [6.45, 7) is 6.51. The van der Waals surface area contributed by atoms with Crippen LogP contribution in [0.4, 0.5) is 5.69 Å². The number of nitrogens with zero attached hydrogens (tertiary/aromatic N) is 2. The fourth-order valence-corrected chi connectivity index (χ4v) is 3.80. The summed E-state index contributed by atoms with van der Waals surface area (Å²) in [4.78, 5) is 27.8. The first kappa shape index (κ1) is 19.8. The highest BCUT2D eigenvalue weighted by Gasteiger charge is 2.50. The first-order valence-corrected chi connectivity index (χ1v) is 9.70. The Labute approximate surface area is 161 Å². The number of rotatable bonds is 7. The number of ether oxygens (including phenoxy) is 1. The monoisotopic (exact) mass is 374 g/mol. The fourth-order valence-electron chi connectivity index (χ4n) is 3.80. The molecule has 3 atom stereocenters. The van der Waals surface area contributed by atoms with Crippen LogP contribution in [0.1, 0.15) is 20.3 Å². The summed E-state index contributed by atoms with van der Waals surface area (Å²) in [5.41, 5.74) is 4.11. The second-order valence-corrected chi connectivity index (χ2v) is 7.66. The molecule has 2 N–H and O–H groups in total.